The molecule has 122 valence electrons. The van der Waals surface area contributed by atoms with Crippen molar-refractivity contribution in [3.8, 4) is 5.75 Å². The van der Waals surface area contributed by atoms with Crippen LogP contribution in [0, 0.1) is 0 Å². The monoisotopic (exact) mass is 304 g/mol. The molecule has 1 N–H and O–H groups in total. The number of hydrogen-bond donors (Lipinski definition) is 1. The summed E-state index contributed by atoms with van der Waals surface area (Å²) in [6, 6.07) is 8.35. The van der Waals surface area contributed by atoms with Crippen LogP contribution in [0.25, 0.3) is 0 Å². The number of hydrogen-bond acceptors (Lipinski definition) is 3. The van der Waals surface area contributed by atoms with Gasteiger partial charge in [0.25, 0.3) is 0 Å². The maximum Gasteiger partial charge on any atom is 0.237 e. The summed E-state index contributed by atoms with van der Waals surface area (Å²) in [6.45, 7) is 5.38. The van der Waals surface area contributed by atoms with E-state index in [0.717, 1.165) is 25.1 Å². The van der Waals surface area contributed by atoms with Crippen molar-refractivity contribution in [3.05, 3.63) is 29.8 Å². The number of nitrogens with zero attached hydrogens (tertiary/aromatic N) is 1. The third-order valence-corrected chi connectivity index (χ3v) is 4.41. The largest absolute Gasteiger partial charge is 0.494 e. The summed E-state index contributed by atoms with van der Waals surface area (Å²) < 4.78 is 5.45. The van der Waals surface area contributed by atoms with Crippen molar-refractivity contribution in [1.29, 1.82) is 0 Å². The first-order chi connectivity index (χ1) is 10.6. The van der Waals surface area contributed by atoms with E-state index in [1.165, 1.54) is 18.4 Å². The molecule has 1 atom stereocenters. The first-order valence-corrected chi connectivity index (χ1v) is 8.32. The highest BCUT2D eigenvalue weighted by Gasteiger charge is 2.23. The Hall–Kier alpha value is -1.55. The molecular weight excluding hydrogens is 276 g/mol. The molecule has 2 rings (SSSR count). The van der Waals surface area contributed by atoms with Crippen molar-refractivity contribution < 1.29 is 9.53 Å². The van der Waals surface area contributed by atoms with Gasteiger partial charge in [0, 0.05) is 12.6 Å². The Morgan fingerprint density at radius 1 is 1.32 bits per heavy atom. The molecule has 22 heavy (non-hydrogen) atoms. The Bertz CT molecular complexity index is 466. The Kier molecular flexibility index (Phi) is 6.25. The molecule has 1 aromatic rings. The zero-order valence-corrected chi connectivity index (χ0v) is 14.0. The van der Waals surface area contributed by atoms with E-state index in [2.05, 4.69) is 22.3 Å². The third-order valence-electron chi connectivity index (χ3n) is 4.41. The lowest BCUT2D eigenvalue weighted by Crippen LogP contribution is -2.46. The Balaban J connectivity index is 1.84. The van der Waals surface area contributed by atoms with Crippen molar-refractivity contribution in [1.82, 2.24) is 10.2 Å². The second-order valence-corrected chi connectivity index (χ2v) is 6.16. The predicted molar refractivity (Wildman–Crippen MR) is 88.9 cm³/mol. The topological polar surface area (TPSA) is 41.6 Å². The fourth-order valence-corrected chi connectivity index (χ4v) is 2.87. The highest BCUT2D eigenvalue weighted by atomic mass is 16.5. The number of ether oxygens (including phenoxy) is 1. The molecule has 0 bridgehead atoms. The summed E-state index contributed by atoms with van der Waals surface area (Å²) in [4.78, 5) is 14.4. The van der Waals surface area contributed by atoms with Gasteiger partial charge in [0.2, 0.25) is 5.91 Å². The van der Waals surface area contributed by atoms with Gasteiger partial charge in [0.05, 0.1) is 12.6 Å². The zero-order chi connectivity index (χ0) is 15.9. The van der Waals surface area contributed by atoms with Crippen molar-refractivity contribution in [2.24, 2.45) is 0 Å². The van der Waals surface area contributed by atoms with Gasteiger partial charge in [-0.1, -0.05) is 25.0 Å². The van der Waals surface area contributed by atoms with Gasteiger partial charge in [0.1, 0.15) is 5.75 Å². The Labute approximate surface area is 133 Å². The maximum absolute atomic E-state index is 12.3. The predicted octanol–water partition coefficient (Wildman–Crippen LogP) is 2.96. The Morgan fingerprint density at radius 2 is 1.95 bits per heavy atom. The van der Waals surface area contributed by atoms with Crippen LogP contribution < -0.4 is 10.1 Å². The molecule has 0 saturated heterocycles. The summed E-state index contributed by atoms with van der Waals surface area (Å²) >= 11 is 0. The van der Waals surface area contributed by atoms with Crippen LogP contribution in [0.3, 0.4) is 0 Å². The van der Waals surface area contributed by atoms with Crippen LogP contribution in [-0.2, 0) is 11.3 Å². The number of likely N-dealkylation sites (N-methyl/N-ethyl adjacent to an activating group) is 1. The van der Waals surface area contributed by atoms with E-state index in [-0.39, 0.29) is 11.9 Å². The van der Waals surface area contributed by atoms with Gasteiger partial charge in [-0.2, -0.15) is 0 Å². The highest BCUT2D eigenvalue weighted by molar-refractivity contribution is 5.81. The minimum atomic E-state index is -0.118. The van der Waals surface area contributed by atoms with Gasteiger partial charge in [-0.15, -0.1) is 0 Å². The summed E-state index contributed by atoms with van der Waals surface area (Å²) in [5.41, 5.74) is 1.19. The van der Waals surface area contributed by atoms with Crippen LogP contribution in [0.1, 0.15) is 45.1 Å². The van der Waals surface area contributed by atoms with Gasteiger partial charge in [-0.3, -0.25) is 9.69 Å². The fourth-order valence-electron chi connectivity index (χ4n) is 2.87. The Morgan fingerprint density at radius 3 is 2.55 bits per heavy atom. The maximum atomic E-state index is 12.3. The van der Waals surface area contributed by atoms with Crippen LogP contribution in [0.15, 0.2) is 24.3 Å². The second kappa shape index (κ2) is 8.18. The van der Waals surface area contributed by atoms with E-state index in [1.807, 2.05) is 33.0 Å². The molecule has 1 saturated carbocycles. The highest BCUT2D eigenvalue weighted by Crippen LogP contribution is 2.18. The lowest BCUT2D eigenvalue weighted by molar-refractivity contribution is -0.126. The molecule has 4 heteroatoms. The van der Waals surface area contributed by atoms with Crippen LogP contribution >= 0.6 is 0 Å². The average molecular weight is 304 g/mol. The summed E-state index contributed by atoms with van der Waals surface area (Å²) in [5.74, 6) is 1.03. The van der Waals surface area contributed by atoms with Gasteiger partial charge in [0.15, 0.2) is 0 Å². The second-order valence-electron chi connectivity index (χ2n) is 6.16. The van der Waals surface area contributed by atoms with Crippen molar-refractivity contribution >= 4 is 5.91 Å². The number of benzene rings is 1. The van der Waals surface area contributed by atoms with Crippen LogP contribution in [0.4, 0.5) is 0 Å². The number of carbonyl (C=O) groups is 1. The third kappa shape index (κ3) is 4.73. The van der Waals surface area contributed by atoms with E-state index in [0.29, 0.717) is 12.6 Å². The number of rotatable bonds is 7. The van der Waals surface area contributed by atoms with E-state index < -0.39 is 0 Å². The van der Waals surface area contributed by atoms with Gasteiger partial charge in [-0.05, 0) is 51.4 Å². The minimum absolute atomic E-state index is 0.118. The molecule has 0 aromatic heterocycles. The molecule has 4 nitrogen and oxygen atoms in total. The zero-order valence-electron chi connectivity index (χ0n) is 14.0. The fraction of sp³-hybridized carbons (Fsp3) is 0.611. The molecule has 1 aliphatic rings. The van der Waals surface area contributed by atoms with Crippen LogP contribution in [-0.4, -0.2) is 36.5 Å². The van der Waals surface area contributed by atoms with Gasteiger partial charge in [-0.25, -0.2) is 0 Å². The lowest BCUT2D eigenvalue weighted by Gasteiger charge is -2.25. The first-order valence-electron chi connectivity index (χ1n) is 8.32. The summed E-state index contributed by atoms with van der Waals surface area (Å²) in [6.07, 6.45) is 4.73. The molecule has 1 amide bonds. The molecule has 1 aliphatic carbocycles. The van der Waals surface area contributed by atoms with Crippen LogP contribution in [0.2, 0.25) is 0 Å². The average Bonchev–Trinajstić information content (AvgIpc) is 3.01. The molecule has 0 spiro atoms. The standard InChI is InChI=1S/C18H28N2O2/c1-4-22-17-11-9-15(10-12-17)13-20(3)14(2)18(21)19-16-7-5-6-8-16/h9-12,14,16H,4-8,13H2,1-3H3,(H,19,21)/t14-/m1/s1. The van der Waals surface area contributed by atoms with Crippen molar-refractivity contribution in [3.63, 3.8) is 0 Å². The summed E-state index contributed by atoms with van der Waals surface area (Å²) in [7, 11) is 2.00. The summed E-state index contributed by atoms with van der Waals surface area (Å²) in [5, 5.41) is 3.17. The van der Waals surface area contributed by atoms with E-state index in [9.17, 15) is 4.79 Å². The molecule has 1 aromatic carbocycles. The van der Waals surface area contributed by atoms with E-state index in [1.54, 1.807) is 0 Å². The number of carbonyl (C=O) groups excluding carboxylic acids is 1. The first kappa shape index (κ1) is 16.8. The normalized spacial score (nSPS) is 16.7. The smallest absolute Gasteiger partial charge is 0.237 e. The molecule has 0 radical (unpaired) electrons. The minimum Gasteiger partial charge on any atom is -0.494 e. The van der Waals surface area contributed by atoms with E-state index in [4.69, 9.17) is 4.74 Å². The van der Waals surface area contributed by atoms with Gasteiger partial charge < -0.3 is 10.1 Å². The molecule has 0 aliphatic heterocycles. The molecule has 0 unspecified atom stereocenters. The molecule has 0 heterocycles. The lowest BCUT2D eigenvalue weighted by atomic mass is 10.1. The van der Waals surface area contributed by atoms with E-state index >= 15 is 0 Å². The van der Waals surface area contributed by atoms with Crippen molar-refractivity contribution in [2.75, 3.05) is 13.7 Å². The van der Waals surface area contributed by atoms with Crippen molar-refractivity contribution in [2.45, 2.75) is 58.2 Å². The molecule has 1 fully saturated rings. The van der Waals surface area contributed by atoms with Crippen LogP contribution in [0.5, 0.6) is 5.75 Å². The quantitative estimate of drug-likeness (QED) is 0.842. The van der Waals surface area contributed by atoms with Gasteiger partial charge >= 0.3 is 0 Å². The number of nitrogens with one attached hydrogen (secondary N) is 1. The molecular formula is C18H28N2O2. The SMILES string of the molecule is CCOc1ccc(CN(C)[C@H](C)C(=O)NC2CCCC2)cc1. The number of amides is 1.